The standard InChI is InChI=1S/C10H12BrN5/c1-14-5-8(4-13)7(3-12)2-10-15-6-9(11)16-10/h2-6,12-14H,1H3,(H,15,16)/b7-2+,8-5+,12-3?,13-4?. The van der Waals surface area contributed by atoms with Crippen molar-refractivity contribution in [3.05, 3.63) is 34.0 Å². The summed E-state index contributed by atoms with van der Waals surface area (Å²) < 4.78 is 0.775. The second-order valence-corrected chi connectivity index (χ2v) is 3.75. The molecule has 84 valence electrons. The van der Waals surface area contributed by atoms with E-state index in [1.807, 2.05) is 0 Å². The number of rotatable bonds is 5. The van der Waals surface area contributed by atoms with E-state index in [0.29, 0.717) is 17.0 Å². The molecule has 0 atom stereocenters. The summed E-state index contributed by atoms with van der Waals surface area (Å²) in [6.07, 6.45) is 7.36. The fraction of sp³-hybridized carbons (Fsp3) is 0.100. The number of halogens is 1. The Kier molecular flexibility index (Phi) is 4.65. The lowest BCUT2D eigenvalue weighted by Crippen LogP contribution is -2.00. The van der Waals surface area contributed by atoms with E-state index in [2.05, 4.69) is 31.2 Å². The maximum absolute atomic E-state index is 7.31. The van der Waals surface area contributed by atoms with E-state index < -0.39 is 0 Å². The molecule has 5 nitrogen and oxygen atoms in total. The maximum Gasteiger partial charge on any atom is 0.131 e. The van der Waals surface area contributed by atoms with Gasteiger partial charge in [0.1, 0.15) is 10.4 Å². The second kappa shape index (κ2) is 6.02. The third-order valence-electron chi connectivity index (χ3n) is 1.80. The van der Waals surface area contributed by atoms with Crippen molar-refractivity contribution in [2.75, 3.05) is 7.05 Å². The smallest absolute Gasteiger partial charge is 0.131 e. The van der Waals surface area contributed by atoms with E-state index in [1.165, 1.54) is 12.4 Å². The molecule has 0 aliphatic heterocycles. The van der Waals surface area contributed by atoms with Crippen molar-refractivity contribution in [3.63, 3.8) is 0 Å². The van der Waals surface area contributed by atoms with Crippen LogP contribution in [0.4, 0.5) is 0 Å². The van der Waals surface area contributed by atoms with Crippen molar-refractivity contribution in [3.8, 4) is 0 Å². The van der Waals surface area contributed by atoms with Gasteiger partial charge in [-0.15, -0.1) is 0 Å². The van der Waals surface area contributed by atoms with Crippen LogP contribution < -0.4 is 5.32 Å². The maximum atomic E-state index is 7.31. The summed E-state index contributed by atoms with van der Waals surface area (Å²) in [5.41, 5.74) is 1.22. The van der Waals surface area contributed by atoms with Crippen molar-refractivity contribution in [1.29, 1.82) is 10.8 Å². The van der Waals surface area contributed by atoms with E-state index in [1.54, 1.807) is 25.5 Å². The summed E-state index contributed by atoms with van der Waals surface area (Å²) in [5.74, 6) is 0.634. The van der Waals surface area contributed by atoms with Gasteiger partial charge in [-0.1, -0.05) is 0 Å². The number of hydrogen-bond acceptors (Lipinski definition) is 4. The molecule has 0 aliphatic rings. The van der Waals surface area contributed by atoms with Gasteiger partial charge in [0.15, 0.2) is 0 Å². The Morgan fingerprint density at radius 2 is 2.12 bits per heavy atom. The molecule has 1 aromatic heterocycles. The molecule has 0 radical (unpaired) electrons. The number of aromatic nitrogens is 2. The number of nitrogens with zero attached hydrogens (tertiary/aromatic N) is 1. The van der Waals surface area contributed by atoms with Crippen molar-refractivity contribution < 1.29 is 0 Å². The SMILES string of the molecule is CN/C=C(C=N)/C(C=N)=C/c1ncc(Br)[nH]1. The summed E-state index contributed by atoms with van der Waals surface area (Å²) in [4.78, 5) is 7.04. The Hall–Kier alpha value is -1.69. The molecule has 0 unspecified atom stereocenters. The van der Waals surface area contributed by atoms with Gasteiger partial charge in [0, 0.05) is 36.8 Å². The van der Waals surface area contributed by atoms with Crippen molar-refractivity contribution >= 4 is 34.4 Å². The van der Waals surface area contributed by atoms with Crippen LogP contribution in [0.5, 0.6) is 0 Å². The minimum Gasteiger partial charge on any atom is -0.393 e. The fourth-order valence-corrected chi connectivity index (χ4v) is 1.41. The van der Waals surface area contributed by atoms with Gasteiger partial charge in [0.05, 0.1) is 6.20 Å². The Bertz CT molecular complexity index is 444. The molecule has 0 aromatic carbocycles. The molecule has 4 N–H and O–H groups in total. The van der Waals surface area contributed by atoms with Crippen LogP contribution in [0.1, 0.15) is 5.82 Å². The molecule has 6 heteroatoms. The van der Waals surface area contributed by atoms with Gasteiger partial charge in [-0.2, -0.15) is 0 Å². The largest absolute Gasteiger partial charge is 0.393 e. The molecule has 0 fully saturated rings. The van der Waals surface area contributed by atoms with Gasteiger partial charge >= 0.3 is 0 Å². The van der Waals surface area contributed by atoms with E-state index in [4.69, 9.17) is 10.8 Å². The average molecular weight is 282 g/mol. The van der Waals surface area contributed by atoms with Crippen molar-refractivity contribution in [2.45, 2.75) is 0 Å². The monoisotopic (exact) mass is 281 g/mol. The minimum absolute atomic E-state index is 0.603. The highest BCUT2D eigenvalue weighted by Gasteiger charge is 2.01. The van der Waals surface area contributed by atoms with Crippen LogP contribution in [-0.4, -0.2) is 29.4 Å². The Morgan fingerprint density at radius 3 is 2.56 bits per heavy atom. The van der Waals surface area contributed by atoms with E-state index in [9.17, 15) is 0 Å². The normalized spacial score (nSPS) is 12.4. The molecule has 0 bridgehead atoms. The molecular weight excluding hydrogens is 270 g/mol. The molecule has 1 aromatic rings. The number of hydrogen-bond donors (Lipinski definition) is 4. The molecular formula is C10H12BrN5. The van der Waals surface area contributed by atoms with E-state index in [0.717, 1.165) is 4.60 Å². The van der Waals surface area contributed by atoms with Gasteiger partial charge in [-0.3, -0.25) is 0 Å². The highest BCUT2D eigenvalue weighted by Crippen LogP contribution is 2.11. The molecule has 0 aliphatic carbocycles. The van der Waals surface area contributed by atoms with Crippen molar-refractivity contribution in [2.24, 2.45) is 0 Å². The minimum atomic E-state index is 0.603. The first-order valence-corrected chi connectivity index (χ1v) is 5.31. The molecule has 1 heterocycles. The molecule has 0 spiro atoms. The van der Waals surface area contributed by atoms with Crippen LogP contribution in [0.2, 0.25) is 0 Å². The number of allylic oxidation sites excluding steroid dienone is 2. The van der Waals surface area contributed by atoms with Gasteiger partial charge in [0.25, 0.3) is 0 Å². The van der Waals surface area contributed by atoms with E-state index in [-0.39, 0.29) is 0 Å². The molecule has 0 amide bonds. The lowest BCUT2D eigenvalue weighted by atomic mass is 10.1. The van der Waals surface area contributed by atoms with Crippen LogP contribution in [0, 0.1) is 10.8 Å². The van der Waals surface area contributed by atoms with Gasteiger partial charge in [-0.25, -0.2) is 4.98 Å². The van der Waals surface area contributed by atoms with Crippen LogP contribution >= 0.6 is 15.9 Å². The number of imidazole rings is 1. The third kappa shape index (κ3) is 3.16. The van der Waals surface area contributed by atoms with Gasteiger partial charge < -0.3 is 21.1 Å². The fourth-order valence-electron chi connectivity index (χ4n) is 1.11. The average Bonchev–Trinajstić information content (AvgIpc) is 2.69. The second-order valence-electron chi connectivity index (χ2n) is 2.89. The zero-order chi connectivity index (χ0) is 12.0. The van der Waals surface area contributed by atoms with Crippen LogP contribution in [-0.2, 0) is 0 Å². The molecule has 0 saturated heterocycles. The summed E-state index contributed by atoms with van der Waals surface area (Å²) >= 11 is 3.25. The Balaban J connectivity index is 3.06. The summed E-state index contributed by atoms with van der Waals surface area (Å²) in [6, 6.07) is 0. The van der Waals surface area contributed by atoms with Crippen LogP contribution in [0.25, 0.3) is 6.08 Å². The third-order valence-corrected chi connectivity index (χ3v) is 2.20. The predicted octanol–water partition coefficient (Wildman–Crippen LogP) is 1.96. The van der Waals surface area contributed by atoms with Crippen molar-refractivity contribution in [1.82, 2.24) is 15.3 Å². The number of aromatic amines is 1. The lowest BCUT2D eigenvalue weighted by molar-refractivity contribution is 1.09. The quantitative estimate of drug-likeness (QED) is 0.491. The zero-order valence-electron chi connectivity index (χ0n) is 8.71. The first-order valence-electron chi connectivity index (χ1n) is 4.52. The van der Waals surface area contributed by atoms with Crippen LogP contribution in [0.3, 0.4) is 0 Å². The molecule has 1 rings (SSSR count). The lowest BCUT2D eigenvalue weighted by Gasteiger charge is -2.00. The van der Waals surface area contributed by atoms with Gasteiger partial charge in [-0.05, 0) is 22.0 Å². The Morgan fingerprint density at radius 1 is 1.44 bits per heavy atom. The zero-order valence-corrected chi connectivity index (χ0v) is 10.3. The predicted molar refractivity (Wildman–Crippen MR) is 69.0 cm³/mol. The summed E-state index contributed by atoms with van der Waals surface area (Å²) in [6.45, 7) is 0. The first-order chi connectivity index (χ1) is 7.71. The highest BCUT2D eigenvalue weighted by molar-refractivity contribution is 9.10. The van der Waals surface area contributed by atoms with E-state index >= 15 is 0 Å². The van der Waals surface area contributed by atoms with Gasteiger partial charge in [0.2, 0.25) is 0 Å². The molecule has 0 saturated carbocycles. The summed E-state index contributed by atoms with van der Waals surface area (Å²) in [7, 11) is 1.74. The molecule has 16 heavy (non-hydrogen) atoms. The number of nitrogens with one attached hydrogen (secondary N) is 4. The van der Waals surface area contributed by atoms with Crippen LogP contribution in [0.15, 0.2) is 28.1 Å². The summed E-state index contributed by atoms with van der Waals surface area (Å²) in [5, 5.41) is 17.4. The Labute approximate surface area is 102 Å². The first kappa shape index (κ1) is 12.4. The highest BCUT2D eigenvalue weighted by atomic mass is 79.9. The topological polar surface area (TPSA) is 88.4 Å². The number of H-pyrrole nitrogens is 1.